The van der Waals surface area contributed by atoms with Crippen LogP contribution >= 0.6 is 0 Å². The van der Waals surface area contributed by atoms with Crippen LogP contribution in [-0.4, -0.2) is 45.1 Å². The predicted octanol–water partition coefficient (Wildman–Crippen LogP) is 4.99. The molecule has 2 bridgehead atoms. The van der Waals surface area contributed by atoms with Crippen LogP contribution in [0, 0.1) is 0 Å². The third-order valence-electron chi connectivity index (χ3n) is 8.10. The van der Waals surface area contributed by atoms with Gasteiger partial charge in [0.15, 0.2) is 0 Å². The standard InChI is InChI=1S/C28H25N3O4/c32-27(34-16-24-22-7-3-1-5-20(22)21-6-2-4-8-23(21)24)31-18-10-11-19(31)15-28(33,14-18)17-9-12-25-26(13-17)30-35-29-25/h1-9,12-13,18-19,24,33H,10-11,14-16H2. The summed E-state index contributed by atoms with van der Waals surface area (Å²) in [5.74, 6) is 0.0357. The van der Waals surface area contributed by atoms with E-state index >= 15 is 0 Å². The van der Waals surface area contributed by atoms with Crippen molar-refractivity contribution in [3.63, 3.8) is 0 Å². The van der Waals surface area contributed by atoms with Crippen molar-refractivity contribution in [3.05, 3.63) is 83.4 Å². The number of fused-ring (bicyclic) bond motifs is 6. The van der Waals surface area contributed by atoms with Gasteiger partial charge in [-0.1, -0.05) is 54.6 Å². The summed E-state index contributed by atoms with van der Waals surface area (Å²) in [7, 11) is 0. The third-order valence-corrected chi connectivity index (χ3v) is 8.10. The Hall–Kier alpha value is -3.71. The summed E-state index contributed by atoms with van der Waals surface area (Å²) in [6.07, 6.45) is 2.41. The topological polar surface area (TPSA) is 88.7 Å². The van der Waals surface area contributed by atoms with Gasteiger partial charge in [0, 0.05) is 30.8 Å². The zero-order valence-corrected chi connectivity index (χ0v) is 19.1. The van der Waals surface area contributed by atoms with Crippen molar-refractivity contribution >= 4 is 17.1 Å². The molecule has 176 valence electrons. The molecule has 0 saturated carbocycles. The van der Waals surface area contributed by atoms with E-state index in [1.807, 2.05) is 47.4 Å². The molecule has 7 heteroatoms. The van der Waals surface area contributed by atoms with Crippen molar-refractivity contribution in [1.29, 1.82) is 0 Å². The average molecular weight is 468 g/mol. The number of nitrogens with zero attached hydrogens (tertiary/aromatic N) is 3. The number of carbonyl (C=O) groups is 1. The molecule has 2 unspecified atom stereocenters. The van der Waals surface area contributed by atoms with E-state index in [-0.39, 0.29) is 24.1 Å². The number of benzene rings is 3. The third kappa shape index (κ3) is 3.18. The largest absolute Gasteiger partial charge is 0.448 e. The van der Waals surface area contributed by atoms with E-state index in [0.29, 0.717) is 30.5 Å². The molecule has 1 aromatic heterocycles. The average Bonchev–Trinajstić information content (AvgIpc) is 3.55. The van der Waals surface area contributed by atoms with Gasteiger partial charge in [0.25, 0.3) is 0 Å². The number of rotatable bonds is 3. The maximum absolute atomic E-state index is 13.3. The maximum atomic E-state index is 13.3. The highest BCUT2D eigenvalue weighted by atomic mass is 16.6. The second kappa shape index (κ2) is 7.65. The van der Waals surface area contributed by atoms with E-state index < -0.39 is 5.60 Å². The molecule has 3 heterocycles. The van der Waals surface area contributed by atoms with Crippen molar-refractivity contribution in [1.82, 2.24) is 15.2 Å². The van der Waals surface area contributed by atoms with Gasteiger partial charge >= 0.3 is 6.09 Å². The quantitative estimate of drug-likeness (QED) is 0.457. The first-order chi connectivity index (χ1) is 17.1. The molecule has 4 aromatic rings. The summed E-state index contributed by atoms with van der Waals surface area (Å²) in [4.78, 5) is 15.2. The Morgan fingerprint density at radius 2 is 1.57 bits per heavy atom. The molecule has 3 aromatic carbocycles. The van der Waals surface area contributed by atoms with Crippen LogP contribution in [0.4, 0.5) is 4.79 Å². The van der Waals surface area contributed by atoms with Crippen LogP contribution < -0.4 is 0 Å². The van der Waals surface area contributed by atoms with Gasteiger partial charge in [0.2, 0.25) is 0 Å². The Morgan fingerprint density at radius 1 is 0.943 bits per heavy atom. The fourth-order valence-corrected chi connectivity index (χ4v) is 6.50. The maximum Gasteiger partial charge on any atom is 0.410 e. The lowest BCUT2D eigenvalue weighted by molar-refractivity contribution is -0.0530. The van der Waals surface area contributed by atoms with Crippen LogP contribution in [0.25, 0.3) is 22.2 Å². The molecule has 7 nitrogen and oxygen atoms in total. The van der Waals surface area contributed by atoms with E-state index in [9.17, 15) is 9.90 Å². The molecule has 7 rings (SSSR count). The zero-order chi connectivity index (χ0) is 23.6. The van der Waals surface area contributed by atoms with Crippen LogP contribution in [-0.2, 0) is 10.3 Å². The highest BCUT2D eigenvalue weighted by Gasteiger charge is 2.51. The summed E-state index contributed by atoms with van der Waals surface area (Å²) in [6.45, 7) is 0.308. The summed E-state index contributed by atoms with van der Waals surface area (Å²) in [6, 6.07) is 22.1. The minimum atomic E-state index is -1.01. The van der Waals surface area contributed by atoms with Crippen LogP contribution in [0.15, 0.2) is 71.4 Å². The molecule has 35 heavy (non-hydrogen) atoms. The number of aromatic nitrogens is 2. The Morgan fingerprint density at radius 3 is 2.26 bits per heavy atom. The van der Waals surface area contributed by atoms with E-state index in [2.05, 4.69) is 34.6 Å². The van der Waals surface area contributed by atoms with Gasteiger partial charge in [0.1, 0.15) is 17.6 Å². The van der Waals surface area contributed by atoms with Crippen LogP contribution in [0.2, 0.25) is 0 Å². The van der Waals surface area contributed by atoms with Gasteiger partial charge in [-0.2, -0.15) is 0 Å². The van der Waals surface area contributed by atoms with E-state index in [0.717, 1.165) is 18.4 Å². The Balaban J connectivity index is 1.09. The van der Waals surface area contributed by atoms with Gasteiger partial charge in [0.05, 0.1) is 5.60 Å². The van der Waals surface area contributed by atoms with Gasteiger partial charge in [-0.15, -0.1) is 0 Å². The van der Waals surface area contributed by atoms with Crippen LogP contribution in [0.1, 0.15) is 48.3 Å². The molecule has 1 N–H and O–H groups in total. The molecular formula is C28H25N3O4. The first-order valence-corrected chi connectivity index (χ1v) is 12.2. The lowest BCUT2D eigenvalue weighted by Gasteiger charge is -2.43. The Labute approximate surface area is 202 Å². The number of carbonyl (C=O) groups excluding carboxylic acids is 1. The molecule has 2 atom stereocenters. The Kier molecular flexibility index (Phi) is 4.51. The van der Waals surface area contributed by atoms with E-state index in [1.54, 1.807) is 0 Å². The summed E-state index contributed by atoms with van der Waals surface area (Å²) in [5, 5.41) is 19.3. The normalized spacial score (nSPS) is 25.0. The van der Waals surface area contributed by atoms with Crippen LogP contribution in [0.3, 0.4) is 0 Å². The van der Waals surface area contributed by atoms with Crippen molar-refractivity contribution < 1.29 is 19.3 Å². The zero-order valence-electron chi connectivity index (χ0n) is 19.1. The van der Waals surface area contributed by atoms with Crippen LogP contribution in [0.5, 0.6) is 0 Å². The lowest BCUT2D eigenvalue weighted by Crippen LogP contribution is -2.52. The minimum absolute atomic E-state index is 0.0357. The van der Waals surface area contributed by atoms with Crippen molar-refractivity contribution in [2.24, 2.45) is 0 Å². The number of piperidine rings is 1. The molecule has 2 aliphatic heterocycles. The molecule has 3 aliphatic rings. The minimum Gasteiger partial charge on any atom is -0.448 e. The van der Waals surface area contributed by atoms with E-state index in [1.165, 1.54) is 22.3 Å². The van der Waals surface area contributed by atoms with Gasteiger partial charge in [-0.05, 0) is 63.1 Å². The number of amides is 1. The lowest BCUT2D eigenvalue weighted by atomic mass is 9.80. The SMILES string of the molecule is O=C(OCC1c2ccccc2-c2ccccc21)N1C2CCC1CC(O)(c1ccc3nonc3c1)C2. The van der Waals surface area contributed by atoms with Gasteiger partial charge in [-0.3, -0.25) is 0 Å². The van der Waals surface area contributed by atoms with Crippen molar-refractivity contribution in [3.8, 4) is 11.1 Å². The number of aliphatic hydroxyl groups is 1. The van der Waals surface area contributed by atoms with E-state index in [4.69, 9.17) is 9.37 Å². The highest BCUT2D eigenvalue weighted by Crippen LogP contribution is 2.47. The summed E-state index contributed by atoms with van der Waals surface area (Å²) < 4.78 is 10.8. The monoisotopic (exact) mass is 467 g/mol. The Bertz CT molecular complexity index is 1390. The fraction of sp³-hybridized carbons (Fsp3) is 0.321. The number of hydrogen-bond donors (Lipinski definition) is 1. The first kappa shape index (κ1) is 20.6. The summed E-state index contributed by atoms with van der Waals surface area (Å²) in [5.41, 5.74) is 5.91. The smallest absolute Gasteiger partial charge is 0.410 e. The first-order valence-electron chi connectivity index (χ1n) is 12.2. The predicted molar refractivity (Wildman–Crippen MR) is 129 cm³/mol. The van der Waals surface area contributed by atoms with Crippen molar-refractivity contribution in [2.45, 2.75) is 49.3 Å². The molecule has 0 spiro atoms. The molecule has 2 saturated heterocycles. The fourth-order valence-electron chi connectivity index (χ4n) is 6.50. The second-order valence-corrected chi connectivity index (χ2v) is 10.0. The second-order valence-electron chi connectivity index (χ2n) is 10.0. The molecule has 1 aliphatic carbocycles. The number of hydrogen-bond acceptors (Lipinski definition) is 6. The van der Waals surface area contributed by atoms with Gasteiger partial charge < -0.3 is 14.7 Å². The summed E-state index contributed by atoms with van der Waals surface area (Å²) >= 11 is 0. The molecule has 0 radical (unpaired) electrons. The molecular weight excluding hydrogens is 442 g/mol. The number of ether oxygens (including phenoxy) is 1. The van der Waals surface area contributed by atoms with Gasteiger partial charge in [-0.25, -0.2) is 9.42 Å². The highest BCUT2D eigenvalue weighted by molar-refractivity contribution is 5.79. The molecule has 2 fully saturated rings. The van der Waals surface area contributed by atoms with Crippen molar-refractivity contribution in [2.75, 3.05) is 6.61 Å². The molecule has 1 amide bonds.